The van der Waals surface area contributed by atoms with E-state index in [1.54, 1.807) is 11.0 Å². The third-order valence-electron chi connectivity index (χ3n) is 7.76. The van der Waals surface area contributed by atoms with Gasteiger partial charge in [-0.15, -0.1) is 0 Å². The van der Waals surface area contributed by atoms with Crippen molar-refractivity contribution >= 4 is 21.6 Å². The van der Waals surface area contributed by atoms with E-state index in [0.717, 1.165) is 56.7 Å². The molecule has 2 saturated heterocycles. The molecule has 7 nitrogen and oxygen atoms in total. The van der Waals surface area contributed by atoms with Crippen LogP contribution in [0.5, 0.6) is 0 Å². The minimum Gasteiger partial charge on any atom is -0.369 e. The fraction of sp³-hybridized carbons (Fsp3) is 0.519. The predicted molar refractivity (Wildman–Crippen MR) is 138 cm³/mol. The van der Waals surface area contributed by atoms with Crippen molar-refractivity contribution in [1.82, 2.24) is 14.1 Å². The first-order chi connectivity index (χ1) is 16.8. The van der Waals surface area contributed by atoms with Gasteiger partial charge >= 0.3 is 0 Å². The number of amides is 1. The molecule has 0 aromatic heterocycles. The summed E-state index contributed by atoms with van der Waals surface area (Å²) in [5.41, 5.74) is 4.23. The Morgan fingerprint density at radius 3 is 2.11 bits per heavy atom. The molecule has 2 aliphatic heterocycles. The summed E-state index contributed by atoms with van der Waals surface area (Å²) in [6.45, 7) is 10.0. The molecule has 1 aliphatic carbocycles. The van der Waals surface area contributed by atoms with Gasteiger partial charge in [-0.3, -0.25) is 9.69 Å². The Morgan fingerprint density at radius 2 is 1.46 bits per heavy atom. The first kappa shape index (κ1) is 24.3. The third kappa shape index (κ3) is 4.97. The minimum atomic E-state index is -3.54. The van der Waals surface area contributed by atoms with Crippen molar-refractivity contribution in [1.29, 1.82) is 0 Å². The molecular formula is C27H36N4O3S. The number of benzene rings is 2. The van der Waals surface area contributed by atoms with Gasteiger partial charge in [0, 0.05) is 69.7 Å². The van der Waals surface area contributed by atoms with Gasteiger partial charge in [-0.2, -0.15) is 4.31 Å². The molecule has 0 N–H and O–H groups in total. The van der Waals surface area contributed by atoms with Gasteiger partial charge in [-0.1, -0.05) is 6.07 Å². The summed E-state index contributed by atoms with van der Waals surface area (Å²) in [4.78, 5) is 20.1. The van der Waals surface area contributed by atoms with Crippen LogP contribution < -0.4 is 4.90 Å². The van der Waals surface area contributed by atoms with Crippen LogP contribution in [0.2, 0.25) is 0 Å². The zero-order valence-electron chi connectivity index (χ0n) is 20.8. The van der Waals surface area contributed by atoms with E-state index in [1.165, 1.54) is 9.87 Å². The van der Waals surface area contributed by atoms with Gasteiger partial charge < -0.3 is 9.80 Å². The molecule has 2 fully saturated rings. The fourth-order valence-corrected chi connectivity index (χ4v) is 6.96. The summed E-state index contributed by atoms with van der Waals surface area (Å²) in [5, 5.41) is 0. The van der Waals surface area contributed by atoms with Gasteiger partial charge in [0.05, 0.1) is 4.90 Å². The Kier molecular flexibility index (Phi) is 6.88. The molecule has 2 aromatic rings. The predicted octanol–water partition coefficient (Wildman–Crippen LogP) is 2.85. The quantitative estimate of drug-likeness (QED) is 0.637. The average Bonchev–Trinajstić information content (AvgIpc) is 3.37. The Morgan fingerprint density at radius 1 is 0.800 bits per heavy atom. The van der Waals surface area contributed by atoms with E-state index in [-0.39, 0.29) is 5.91 Å². The van der Waals surface area contributed by atoms with E-state index in [2.05, 4.69) is 23.6 Å². The number of carbonyl (C=O) groups is 1. The maximum atomic E-state index is 13.2. The summed E-state index contributed by atoms with van der Waals surface area (Å²) in [5.74, 6) is -0.0317. The molecule has 1 amide bonds. The lowest BCUT2D eigenvalue weighted by Crippen LogP contribution is -2.50. The van der Waals surface area contributed by atoms with Crippen molar-refractivity contribution in [3.05, 3.63) is 59.2 Å². The van der Waals surface area contributed by atoms with Crippen molar-refractivity contribution in [2.45, 2.75) is 44.0 Å². The number of piperazine rings is 2. The van der Waals surface area contributed by atoms with Gasteiger partial charge in [0.2, 0.25) is 10.0 Å². The van der Waals surface area contributed by atoms with Crippen molar-refractivity contribution in [2.24, 2.45) is 0 Å². The SMILES string of the molecule is CC(C)N1CCN(c2ccc(C(=O)N3CCN(S(=O)(=O)c4ccc5c(c4)CCC5)CC3)cc2)CC1. The smallest absolute Gasteiger partial charge is 0.253 e. The summed E-state index contributed by atoms with van der Waals surface area (Å²) in [6, 6.07) is 14.0. The van der Waals surface area contributed by atoms with Crippen LogP contribution >= 0.6 is 0 Å². The largest absolute Gasteiger partial charge is 0.369 e. The normalized spacial score (nSPS) is 19.9. The Bertz CT molecular complexity index is 1160. The van der Waals surface area contributed by atoms with Crippen LogP contribution in [0.25, 0.3) is 0 Å². The molecule has 35 heavy (non-hydrogen) atoms. The summed E-state index contributed by atoms with van der Waals surface area (Å²) in [7, 11) is -3.54. The van der Waals surface area contributed by atoms with Crippen LogP contribution in [0.4, 0.5) is 5.69 Å². The van der Waals surface area contributed by atoms with Crippen LogP contribution in [0.15, 0.2) is 47.4 Å². The van der Waals surface area contributed by atoms with E-state index in [4.69, 9.17) is 0 Å². The van der Waals surface area contributed by atoms with Crippen LogP contribution in [-0.4, -0.2) is 86.8 Å². The molecule has 0 bridgehead atoms. The number of carbonyl (C=O) groups excluding carboxylic acids is 1. The molecule has 0 radical (unpaired) electrons. The fourth-order valence-electron chi connectivity index (χ4n) is 5.48. The number of sulfonamides is 1. The summed E-state index contributed by atoms with van der Waals surface area (Å²) >= 11 is 0. The lowest BCUT2D eigenvalue weighted by molar-refractivity contribution is 0.0698. The number of hydrogen-bond acceptors (Lipinski definition) is 5. The van der Waals surface area contributed by atoms with Crippen LogP contribution in [-0.2, 0) is 22.9 Å². The van der Waals surface area contributed by atoms with Crippen molar-refractivity contribution in [2.75, 3.05) is 57.3 Å². The first-order valence-electron chi connectivity index (χ1n) is 12.8. The standard InChI is InChI=1S/C27H36N4O3S/c1-21(2)28-12-14-29(15-13-28)25-9-6-23(7-10-25)27(32)30-16-18-31(19-17-30)35(33,34)26-11-8-22-4-3-5-24(22)20-26/h6-11,20-21H,3-5,12-19H2,1-2H3. The van der Waals surface area contributed by atoms with Gasteiger partial charge in [0.1, 0.15) is 0 Å². The zero-order valence-corrected chi connectivity index (χ0v) is 21.6. The van der Waals surface area contributed by atoms with E-state index in [1.807, 2.05) is 36.4 Å². The van der Waals surface area contributed by atoms with Gasteiger partial charge in [-0.05, 0) is 80.6 Å². The van der Waals surface area contributed by atoms with Crippen molar-refractivity contribution in [3.8, 4) is 0 Å². The number of hydrogen-bond donors (Lipinski definition) is 0. The Hall–Kier alpha value is -2.42. The van der Waals surface area contributed by atoms with E-state index >= 15 is 0 Å². The maximum absolute atomic E-state index is 13.2. The molecule has 5 rings (SSSR count). The lowest BCUT2D eigenvalue weighted by Gasteiger charge is -2.38. The van der Waals surface area contributed by atoms with Crippen molar-refractivity contribution < 1.29 is 13.2 Å². The molecule has 2 aromatic carbocycles. The minimum absolute atomic E-state index is 0.0317. The highest BCUT2D eigenvalue weighted by Gasteiger charge is 2.31. The number of anilines is 1. The second-order valence-electron chi connectivity index (χ2n) is 10.1. The highest BCUT2D eigenvalue weighted by molar-refractivity contribution is 7.89. The summed E-state index contributed by atoms with van der Waals surface area (Å²) in [6.07, 6.45) is 3.08. The maximum Gasteiger partial charge on any atom is 0.253 e. The topological polar surface area (TPSA) is 64.2 Å². The van der Waals surface area contributed by atoms with E-state index in [0.29, 0.717) is 42.7 Å². The molecule has 0 spiro atoms. The van der Waals surface area contributed by atoms with Crippen LogP contribution in [0.3, 0.4) is 0 Å². The molecule has 0 atom stereocenters. The van der Waals surface area contributed by atoms with Gasteiger partial charge in [-0.25, -0.2) is 8.42 Å². The average molecular weight is 497 g/mol. The zero-order chi connectivity index (χ0) is 24.6. The lowest BCUT2D eigenvalue weighted by atomic mass is 10.1. The number of nitrogens with zero attached hydrogens (tertiary/aromatic N) is 4. The molecular weight excluding hydrogens is 460 g/mol. The number of aryl methyl sites for hydroxylation is 2. The molecule has 3 aliphatic rings. The van der Waals surface area contributed by atoms with Crippen LogP contribution in [0.1, 0.15) is 41.8 Å². The highest BCUT2D eigenvalue weighted by atomic mass is 32.2. The second kappa shape index (κ2) is 9.91. The van der Waals surface area contributed by atoms with Crippen LogP contribution in [0, 0.1) is 0 Å². The van der Waals surface area contributed by atoms with Gasteiger partial charge in [0.25, 0.3) is 5.91 Å². The summed E-state index contributed by atoms with van der Waals surface area (Å²) < 4.78 is 27.9. The first-order valence-corrected chi connectivity index (χ1v) is 14.3. The Labute approximate surface area is 209 Å². The highest BCUT2D eigenvalue weighted by Crippen LogP contribution is 2.27. The Balaban J connectivity index is 1.18. The molecule has 2 heterocycles. The van der Waals surface area contributed by atoms with Gasteiger partial charge in [0.15, 0.2) is 0 Å². The molecule has 8 heteroatoms. The van der Waals surface area contributed by atoms with E-state index < -0.39 is 10.0 Å². The van der Waals surface area contributed by atoms with Crippen molar-refractivity contribution in [3.63, 3.8) is 0 Å². The molecule has 188 valence electrons. The molecule has 0 unspecified atom stereocenters. The second-order valence-corrected chi connectivity index (χ2v) is 12.1. The van der Waals surface area contributed by atoms with E-state index in [9.17, 15) is 13.2 Å². The number of fused-ring (bicyclic) bond motifs is 1. The third-order valence-corrected chi connectivity index (χ3v) is 9.65. The molecule has 0 saturated carbocycles. The number of rotatable bonds is 5. The monoisotopic (exact) mass is 496 g/mol.